The van der Waals surface area contributed by atoms with Gasteiger partial charge in [-0.25, -0.2) is 0 Å². The highest BCUT2D eigenvalue weighted by atomic mass is 16.5. The number of hydrogen-bond donors (Lipinski definition) is 1. The molecule has 1 heterocycles. The van der Waals surface area contributed by atoms with Gasteiger partial charge in [0.1, 0.15) is 12.4 Å². The van der Waals surface area contributed by atoms with Gasteiger partial charge in [-0.2, -0.15) is 0 Å². The molecule has 0 aromatic heterocycles. The maximum Gasteiger partial charge on any atom is 0.262 e. The van der Waals surface area contributed by atoms with Crippen LogP contribution in [-0.2, 0) is 4.79 Å². The van der Waals surface area contributed by atoms with Gasteiger partial charge in [-0.1, -0.05) is 6.07 Å². The Morgan fingerprint density at radius 2 is 1.72 bits per heavy atom. The lowest BCUT2D eigenvalue weighted by molar-refractivity contribution is -0.307. The van der Waals surface area contributed by atoms with E-state index in [9.17, 15) is 24.3 Å². The number of carbonyl (C=O) groups is 4. The topological polar surface area (TPSA) is 116 Å². The molecule has 0 unspecified atom stereocenters. The predicted octanol–water partition coefficient (Wildman–Crippen LogP) is 1.46. The number of benzene rings is 2. The van der Waals surface area contributed by atoms with Crippen LogP contribution in [0.15, 0.2) is 42.5 Å². The Morgan fingerprint density at radius 1 is 1.03 bits per heavy atom. The van der Waals surface area contributed by atoms with Crippen LogP contribution in [0.1, 0.15) is 51.8 Å². The van der Waals surface area contributed by atoms with Crippen LogP contribution in [-0.4, -0.2) is 40.7 Å². The number of carboxylic acid groups (broad SMARTS) is 1. The molecule has 0 spiro atoms. The maximum absolute atomic E-state index is 12.7. The average molecular weight is 395 g/mol. The van der Waals surface area contributed by atoms with Crippen LogP contribution in [0, 0.1) is 0 Å². The summed E-state index contributed by atoms with van der Waals surface area (Å²) in [6, 6.07) is 10.5. The minimum Gasteiger partial charge on any atom is -0.546 e. The van der Waals surface area contributed by atoms with Crippen molar-refractivity contribution in [3.8, 4) is 5.75 Å². The summed E-state index contributed by atoms with van der Waals surface area (Å²) in [5.41, 5.74) is 0.358. The summed E-state index contributed by atoms with van der Waals surface area (Å²) in [5, 5.41) is 13.1. The van der Waals surface area contributed by atoms with Crippen molar-refractivity contribution in [2.75, 3.05) is 11.9 Å². The molecule has 1 aliphatic heterocycles. The van der Waals surface area contributed by atoms with Gasteiger partial charge < -0.3 is 20.0 Å². The molecular formula is C21H19N2O6-. The van der Waals surface area contributed by atoms with Crippen molar-refractivity contribution >= 4 is 29.4 Å². The zero-order valence-corrected chi connectivity index (χ0v) is 16.1. The Kier molecular flexibility index (Phi) is 5.11. The zero-order valence-electron chi connectivity index (χ0n) is 16.1. The number of carboxylic acids is 1. The predicted molar refractivity (Wildman–Crippen MR) is 102 cm³/mol. The highest BCUT2D eigenvalue weighted by Gasteiger charge is 2.42. The number of aliphatic carboxylic acids is 1. The van der Waals surface area contributed by atoms with Crippen LogP contribution < -0.4 is 15.2 Å². The van der Waals surface area contributed by atoms with E-state index in [4.69, 9.17) is 4.74 Å². The van der Waals surface area contributed by atoms with Crippen molar-refractivity contribution in [2.24, 2.45) is 0 Å². The fraction of sp³-hybridized carbons (Fsp3) is 0.238. The summed E-state index contributed by atoms with van der Waals surface area (Å²) in [5.74, 6) is -2.42. The van der Waals surface area contributed by atoms with Gasteiger partial charge in [-0.3, -0.25) is 19.3 Å². The third-order valence-corrected chi connectivity index (χ3v) is 4.27. The van der Waals surface area contributed by atoms with Gasteiger partial charge in [0.15, 0.2) is 0 Å². The van der Waals surface area contributed by atoms with Gasteiger partial charge in [0.05, 0.1) is 17.1 Å². The molecule has 0 aliphatic carbocycles. The summed E-state index contributed by atoms with van der Waals surface area (Å²) in [4.78, 5) is 49.4. The fourth-order valence-electron chi connectivity index (χ4n) is 3.00. The minimum atomic E-state index is -1.36. The van der Waals surface area contributed by atoms with Crippen LogP contribution in [0.5, 0.6) is 5.75 Å². The first-order valence-corrected chi connectivity index (χ1v) is 8.85. The van der Waals surface area contributed by atoms with Crippen molar-refractivity contribution in [1.29, 1.82) is 0 Å². The van der Waals surface area contributed by atoms with E-state index in [1.807, 2.05) is 0 Å². The molecule has 8 nitrogen and oxygen atoms in total. The summed E-state index contributed by atoms with van der Waals surface area (Å²) in [6.45, 7) is 4.68. The fourth-order valence-corrected chi connectivity index (χ4v) is 3.00. The number of nitrogens with zero attached hydrogens (tertiary/aromatic N) is 1. The number of anilines is 1. The van der Waals surface area contributed by atoms with Gasteiger partial charge in [0, 0.05) is 22.9 Å². The van der Waals surface area contributed by atoms with Gasteiger partial charge >= 0.3 is 0 Å². The quantitative estimate of drug-likeness (QED) is 0.767. The monoisotopic (exact) mass is 395 g/mol. The summed E-state index contributed by atoms with van der Waals surface area (Å²) in [7, 11) is 0. The van der Waals surface area contributed by atoms with Gasteiger partial charge in [-0.15, -0.1) is 0 Å². The Bertz CT molecular complexity index is 1020. The highest BCUT2D eigenvalue weighted by molar-refractivity contribution is 6.22. The average Bonchev–Trinajstić information content (AvgIpc) is 2.90. The number of hydrogen-bond acceptors (Lipinski definition) is 6. The second kappa shape index (κ2) is 7.38. The van der Waals surface area contributed by atoms with E-state index in [1.54, 1.807) is 39.0 Å². The lowest BCUT2D eigenvalue weighted by Gasteiger charge is -2.29. The lowest BCUT2D eigenvalue weighted by Crippen LogP contribution is -2.45. The number of rotatable bonds is 5. The zero-order chi connectivity index (χ0) is 21.3. The number of ether oxygens (including phenoxy) is 1. The Hall–Kier alpha value is -3.68. The number of imide groups is 1. The second-order valence-electron chi connectivity index (χ2n) is 7.52. The lowest BCUT2D eigenvalue weighted by atomic mass is 10.1. The van der Waals surface area contributed by atoms with E-state index in [0.29, 0.717) is 5.69 Å². The van der Waals surface area contributed by atoms with Crippen molar-refractivity contribution in [2.45, 2.75) is 26.3 Å². The molecule has 2 aromatic rings. The van der Waals surface area contributed by atoms with Crippen molar-refractivity contribution in [1.82, 2.24) is 4.90 Å². The molecule has 0 atom stereocenters. The van der Waals surface area contributed by atoms with E-state index < -0.39 is 29.9 Å². The molecule has 8 heteroatoms. The van der Waals surface area contributed by atoms with E-state index in [0.717, 1.165) is 0 Å². The molecule has 0 saturated heterocycles. The maximum atomic E-state index is 12.7. The van der Waals surface area contributed by atoms with Crippen LogP contribution in [0.2, 0.25) is 0 Å². The molecule has 1 N–H and O–H groups in total. The summed E-state index contributed by atoms with van der Waals surface area (Å²) < 4.78 is 5.02. The van der Waals surface area contributed by atoms with Crippen molar-refractivity contribution < 1.29 is 29.0 Å². The molecule has 0 bridgehead atoms. The second-order valence-corrected chi connectivity index (χ2v) is 7.52. The molecule has 3 amide bonds. The van der Waals surface area contributed by atoms with E-state index in [1.165, 1.54) is 29.2 Å². The Labute approximate surface area is 167 Å². The Morgan fingerprint density at radius 3 is 2.38 bits per heavy atom. The first-order chi connectivity index (χ1) is 13.6. The van der Waals surface area contributed by atoms with Gasteiger partial charge in [-0.05, 0) is 51.1 Å². The SMILES string of the molecule is CC(C)(C)N1C(=O)c2ccc(C(=O)Nc3cccc(OCC(=O)[O-])c3)cc2C1=O. The first-order valence-electron chi connectivity index (χ1n) is 8.85. The summed E-state index contributed by atoms with van der Waals surface area (Å²) >= 11 is 0. The van der Waals surface area contributed by atoms with Crippen LogP contribution in [0.25, 0.3) is 0 Å². The van der Waals surface area contributed by atoms with Crippen molar-refractivity contribution in [3.05, 3.63) is 59.2 Å². The molecule has 0 radical (unpaired) electrons. The largest absolute Gasteiger partial charge is 0.546 e. The molecule has 1 aliphatic rings. The van der Waals surface area contributed by atoms with Crippen LogP contribution in [0.3, 0.4) is 0 Å². The highest BCUT2D eigenvalue weighted by Crippen LogP contribution is 2.30. The van der Waals surface area contributed by atoms with E-state index in [-0.39, 0.29) is 28.3 Å². The Balaban J connectivity index is 1.80. The van der Waals surface area contributed by atoms with Crippen LogP contribution in [0.4, 0.5) is 5.69 Å². The third kappa shape index (κ3) is 4.11. The molecule has 3 rings (SSSR count). The van der Waals surface area contributed by atoms with Crippen LogP contribution >= 0.6 is 0 Å². The normalized spacial score (nSPS) is 13.3. The summed E-state index contributed by atoms with van der Waals surface area (Å²) in [6.07, 6.45) is 0. The van der Waals surface area contributed by atoms with Gasteiger partial charge in [0.2, 0.25) is 0 Å². The van der Waals surface area contributed by atoms with Gasteiger partial charge in [0.25, 0.3) is 17.7 Å². The molecular weight excluding hydrogens is 376 g/mol. The third-order valence-electron chi connectivity index (χ3n) is 4.27. The first kappa shape index (κ1) is 20.1. The number of amides is 3. The molecule has 29 heavy (non-hydrogen) atoms. The smallest absolute Gasteiger partial charge is 0.262 e. The minimum absolute atomic E-state index is 0.184. The molecule has 150 valence electrons. The number of fused-ring (bicyclic) bond motifs is 1. The number of nitrogens with one attached hydrogen (secondary N) is 1. The van der Waals surface area contributed by atoms with Crippen molar-refractivity contribution in [3.63, 3.8) is 0 Å². The van der Waals surface area contributed by atoms with E-state index >= 15 is 0 Å². The number of carbonyl (C=O) groups excluding carboxylic acids is 4. The molecule has 2 aromatic carbocycles. The molecule has 0 fully saturated rings. The standard InChI is InChI=1S/C21H20N2O6/c1-21(2,3)23-19(27)15-8-7-12(9-16(15)20(23)28)18(26)22-13-5-4-6-14(10-13)29-11-17(24)25/h4-10H,11H2,1-3H3,(H,22,26)(H,24,25)/p-1. The van der Waals surface area contributed by atoms with E-state index in [2.05, 4.69) is 5.32 Å². The molecule has 0 saturated carbocycles.